The Labute approximate surface area is 111 Å². The van der Waals surface area contributed by atoms with Gasteiger partial charge in [-0.1, -0.05) is 6.07 Å². The lowest BCUT2D eigenvalue weighted by atomic mass is 10.1. The van der Waals surface area contributed by atoms with Crippen LogP contribution in [0.1, 0.15) is 27.0 Å². The Morgan fingerprint density at radius 2 is 2.05 bits per heavy atom. The lowest BCUT2D eigenvalue weighted by molar-refractivity contribution is 0.0697. The fraction of sp³-hybridized carbons (Fsp3) is 0.200. The minimum Gasteiger partial charge on any atom is -0.478 e. The van der Waals surface area contributed by atoms with Crippen LogP contribution in [-0.2, 0) is 13.1 Å². The maximum Gasteiger partial charge on any atom is 0.335 e. The highest BCUT2D eigenvalue weighted by Crippen LogP contribution is 2.30. The number of hydrogen-bond acceptors (Lipinski definition) is 3. The molecule has 0 fully saturated rings. The van der Waals surface area contributed by atoms with Gasteiger partial charge in [-0.3, -0.25) is 4.98 Å². The predicted molar refractivity (Wildman–Crippen MR) is 72.3 cm³/mol. The van der Waals surface area contributed by atoms with Gasteiger partial charge in [-0.25, -0.2) is 4.79 Å². The zero-order chi connectivity index (χ0) is 13.4. The minimum absolute atomic E-state index is 0.354. The molecule has 4 heteroatoms. The van der Waals surface area contributed by atoms with E-state index in [1.807, 2.05) is 25.3 Å². The largest absolute Gasteiger partial charge is 0.478 e. The highest BCUT2D eigenvalue weighted by molar-refractivity contribution is 5.88. The molecule has 0 amide bonds. The van der Waals surface area contributed by atoms with Crippen molar-refractivity contribution >= 4 is 11.7 Å². The van der Waals surface area contributed by atoms with E-state index in [9.17, 15) is 4.79 Å². The summed E-state index contributed by atoms with van der Waals surface area (Å²) in [7, 11) is 0. The molecule has 0 unspecified atom stereocenters. The average molecular weight is 254 g/mol. The molecule has 2 heterocycles. The summed E-state index contributed by atoms with van der Waals surface area (Å²) >= 11 is 0. The first-order chi connectivity index (χ1) is 9.15. The summed E-state index contributed by atoms with van der Waals surface area (Å²) in [6.45, 7) is 3.61. The van der Waals surface area contributed by atoms with E-state index in [0.29, 0.717) is 5.56 Å². The third-order valence-corrected chi connectivity index (χ3v) is 3.51. The highest BCUT2D eigenvalue weighted by atomic mass is 16.4. The number of carbonyl (C=O) groups is 1. The Bertz CT molecular complexity index is 652. The van der Waals surface area contributed by atoms with Crippen LogP contribution in [-0.4, -0.2) is 16.1 Å². The first-order valence-corrected chi connectivity index (χ1v) is 6.16. The van der Waals surface area contributed by atoms with Gasteiger partial charge in [0, 0.05) is 31.2 Å². The summed E-state index contributed by atoms with van der Waals surface area (Å²) in [6.07, 6.45) is 3.63. The van der Waals surface area contributed by atoms with Crippen molar-refractivity contribution in [2.75, 3.05) is 4.90 Å². The van der Waals surface area contributed by atoms with Gasteiger partial charge in [0.15, 0.2) is 0 Å². The van der Waals surface area contributed by atoms with Crippen molar-refractivity contribution in [1.29, 1.82) is 0 Å². The number of rotatable bonds is 2. The summed E-state index contributed by atoms with van der Waals surface area (Å²) < 4.78 is 0. The zero-order valence-corrected chi connectivity index (χ0v) is 10.6. The number of aromatic carboxylic acids is 1. The molecule has 1 aliphatic rings. The van der Waals surface area contributed by atoms with Gasteiger partial charge < -0.3 is 10.0 Å². The van der Waals surface area contributed by atoms with Crippen molar-refractivity contribution < 1.29 is 9.90 Å². The predicted octanol–water partition coefficient (Wildman–Crippen LogP) is 2.61. The molecule has 1 aromatic carbocycles. The van der Waals surface area contributed by atoms with Gasteiger partial charge in [0.25, 0.3) is 0 Å². The molecule has 4 nitrogen and oxygen atoms in total. The number of aryl methyl sites for hydroxylation is 1. The van der Waals surface area contributed by atoms with Gasteiger partial charge in [-0.2, -0.15) is 0 Å². The number of hydrogen-bond donors (Lipinski definition) is 1. The SMILES string of the molecule is Cc1cnccc1N1Cc2ccc(C(=O)O)cc2C1. The van der Waals surface area contributed by atoms with Crippen molar-refractivity contribution in [2.45, 2.75) is 20.0 Å². The lowest BCUT2D eigenvalue weighted by Crippen LogP contribution is -2.15. The summed E-state index contributed by atoms with van der Waals surface area (Å²) in [6, 6.07) is 7.35. The quantitative estimate of drug-likeness (QED) is 0.895. The fourth-order valence-electron chi connectivity index (χ4n) is 2.52. The summed E-state index contributed by atoms with van der Waals surface area (Å²) in [5.74, 6) is -0.874. The third-order valence-electron chi connectivity index (χ3n) is 3.51. The number of anilines is 1. The molecule has 3 rings (SSSR count). The summed E-state index contributed by atoms with van der Waals surface area (Å²) in [4.78, 5) is 17.3. The van der Waals surface area contributed by atoms with Crippen LogP contribution in [0.3, 0.4) is 0 Å². The topological polar surface area (TPSA) is 53.4 Å². The van der Waals surface area contributed by atoms with Crippen LogP contribution in [0.25, 0.3) is 0 Å². The molecule has 0 bridgehead atoms. The molecule has 2 aromatic rings. The van der Waals surface area contributed by atoms with E-state index in [2.05, 4.69) is 9.88 Å². The Morgan fingerprint density at radius 3 is 2.79 bits per heavy atom. The van der Waals surface area contributed by atoms with Crippen LogP contribution in [0.2, 0.25) is 0 Å². The smallest absolute Gasteiger partial charge is 0.335 e. The number of pyridine rings is 1. The molecule has 19 heavy (non-hydrogen) atoms. The molecule has 96 valence electrons. The number of fused-ring (bicyclic) bond motifs is 1. The number of nitrogens with zero attached hydrogens (tertiary/aromatic N) is 2. The Hall–Kier alpha value is -2.36. The van der Waals surface area contributed by atoms with Crippen molar-refractivity contribution in [2.24, 2.45) is 0 Å². The lowest BCUT2D eigenvalue weighted by Gasteiger charge is -2.19. The maximum absolute atomic E-state index is 11.0. The van der Waals surface area contributed by atoms with E-state index in [-0.39, 0.29) is 0 Å². The van der Waals surface area contributed by atoms with Crippen LogP contribution in [0.15, 0.2) is 36.7 Å². The van der Waals surface area contributed by atoms with Gasteiger partial charge in [0.1, 0.15) is 0 Å². The molecule has 0 saturated heterocycles. The van der Waals surface area contributed by atoms with Crippen molar-refractivity contribution in [1.82, 2.24) is 4.98 Å². The first kappa shape index (κ1) is 11.7. The van der Waals surface area contributed by atoms with Crippen LogP contribution in [0.5, 0.6) is 0 Å². The molecule has 0 spiro atoms. The number of benzene rings is 1. The first-order valence-electron chi connectivity index (χ1n) is 6.16. The molecular weight excluding hydrogens is 240 g/mol. The van der Waals surface area contributed by atoms with E-state index >= 15 is 0 Å². The molecule has 0 saturated carbocycles. The second kappa shape index (κ2) is 4.39. The monoisotopic (exact) mass is 254 g/mol. The summed E-state index contributed by atoms with van der Waals surface area (Å²) in [5.41, 5.74) is 4.93. The zero-order valence-electron chi connectivity index (χ0n) is 10.6. The van der Waals surface area contributed by atoms with Crippen molar-refractivity contribution in [3.8, 4) is 0 Å². The van der Waals surface area contributed by atoms with E-state index in [1.165, 1.54) is 5.56 Å². The maximum atomic E-state index is 11.0. The Balaban J connectivity index is 1.92. The second-order valence-corrected chi connectivity index (χ2v) is 4.81. The second-order valence-electron chi connectivity index (χ2n) is 4.81. The molecule has 0 atom stereocenters. The molecule has 0 radical (unpaired) electrons. The van der Waals surface area contributed by atoms with E-state index < -0.39 is 5.97 Å². The van der Waals surface area contributed by atoms with Gasteiger partial charge in [0.2, 0.25) is 0 Å². The average Bonchev–Trinajstić information content (AvgIpc) is 2.81. The van der Waals surface area contributed by atoms with Gasteiger partial charge >= 0.3 is 5.97 Å². The Morgan fingerprint density at radius 1 is 1.26 bits per heavy atom. The van der Waals surface area contributed by atoms with Crippen LogP contribution in [0.4, 0.5) is 5.69 Å². The standard InChI is InChI=1S/C15H14N2O2/c1-10-7-16-5-4-14(10)17-8-12-3-2-11(15(18)19)6-13(12)9-17/h2-7H,8-9H2,1H3,(H,18,19). The number of aromatic nitrogens is 1. The van der Waals surface area contributed by atoms with Gasteiger partial charge in [-0.05, 0) is 41.8 Å². The van der Waals surface area contributed by atoms with Crippen LogP contribution < -0.4 is 4.90 Å². The van der Waals surface area contributed by atoms with Crippen molar-refractivity contribution in [3.05, 3.63) is 58.9 Å². The fourth-order valence-corrected chi connectivity index (χ4v) is 2.52. The van der Waals surface area contributed by atoms with E-state index in [0.717, 1.165) is 29.9 Å². The highest BCUT2D eigenvalue weighted by Gasteiger charge is 2.21. The van der Waals surface area contributed by atoms with Gasteiger partial charge in [0.05, 0.1) is 5.56 Å². The summed E-state index contributed by atoms with van der Waals surface area (Å²) in [5, 5.41) is 9.02. The molecular formula is C15H14N2O2. The van der Waals surface area contributed by atoms with Crippen LogP contribution in [0, 0.1) is 6.92 Å². The Kier molecular flexibility index (Phi) is 2.71. The van der Waals surface area contributed by atoms with E-state index in [1.54, 1.807) is 18.3 Å². The normalized spacial score (nSPS) is 13.4. The molecule has 0 aliphatic carbocycles. The third kappa shape index (κ3) is 2.05. The number of carboxylic acid groups (broad SMARTS) is 1. The molecule has 1 aliphatic heterocycles. The number of carboxylic acids is 1. The molecule has 1 aromatic heterocycles. The van der Waals surface area contributed by atoms with E-state index in [4.69, 9.17) is 5.11 Å². The van der Waals surface area contributed by atoms with Crippen LogP contribution >= 0.6 is 0 Å². The molecule has 1 N–H and O–H groups in total. The minimum atomic E-state index is -0.874. The van der Waals surface area contributed by atoms with Gasteiger partial charge in [-0.15, -0.1) is 0 Å². The van der Waals surface area contributed by atoms with Crippen molar-refractivity contribution in [3.63, 3.8) is 0 Å².